The molecule has 106 valence electrons. The summed E-state index contributed by atoms with van der Waals surface area (Å²) in [5.74, 6) is 0.445. The van der Waals surface area contributed by atoms with E-state index in [1.807, 2.05) is 22.9 Å². The minimum absolute atomic E-state index is 0.00872. The number of hydrogen-bond acceptors (Lipinski definition) is 5. The van der Waals surface area contributed by atoms with Gasteiger partial charge in [0, 0.05) is 11.9 Å². The van der Waals surface area contributed by atoms with Crippen molar-refractivity contribution in [2.24, 2.45) is 5.92 Å². The molecular weight excluding hydrogens is 292 g/mol. The van der Waals surface area contributed by atoms with Crippen molar-refractivity contribution in [1.82, 2.24) is 10.3 Å². The van der Waals surface area contributed by atoms with E-state index < -0.39 is 0 Å². The largest absolute Gasteiger partial charge is 0.393 e. The van der Waals surface area contributed by atoms with Crippen LogP contribution in [0.2, 0.25) is 0 Å². The van der Waals surface area contributed by atoms with Crippen molar-refractivity contribution in [2.75, 3.05) is 6.54 Å². The third-order valence-electron chi connectivity index (χ3n) is 3.42. The lowest BCUT2D eigenvalue weighted by atomic mass is 9.82. The van der Waals surface area contributed by atoms with Gasteiger partial charge in [-0.25, -0.2) is 4.98 Å². The van der Waals surface area contributed by atoms with Gasteiger partial charge in [-0.2, -0.15) is 0 Å². The van der Waals surface area contributed by atoms with Crippen molar-refractivity contribution < 1.29 is 9.90 Å². The van der Waals surface area contributed by atoms with Crippen molar-refractivity contribution in [3.8, 4) is 9.88 Å². The number of aliphatic hydroxyl groups excluding tert-OH is 1. The SMILES string of the molecule is O=C(Cc1csc(-c2cccs2)n1)NCC1CC(O)C1. The maximum Gasteiger partial charge on any atom is 0.226 e. The predicted molar refractivity (Wildman–Crippen MR) is 80.9 cm³/mol. The molecule has 1 amide bonds. The van der Waals surface area contributed by atoms with Crippen molar-refractivity contribution in [2.45, 2.75) is 25.4 Å². The highest BCUT2D eigenvalue weighted by molar-refractivity contribution is 7.20. The molecule has 0 radical (unpaired) electrons. The summed E-state index contributed by atoms with van der Waals surface area (Å²) in [6.07, 6.45) is 1.78. The minimum atomic E-state index is -0.163. The zero-order chi connectivity index (χ0) is 13.9. The van der Waals surface area contributed by atoms with Crippen LogP contribution >= 0.6 is 22.7 Å². The molecule has 0 atom stereocenters. The highest BCUT2D eigenvalue weighted by atomic mass is 32.1. The summed E-state index contributed by atoms with van der Waals surface area (Å²) in [6, 6.07) is 4.04. The number of thiophene rings is 1. The third kappa shape index (κ3) is 3.26. The third-order valence-corrected chi connectivity index (χ3v) is 5.35. The van der Waals surface area contributed by atoms with Gasteiger partial charge in [0.15, 0.2) is 0 Å². The van der Waals surface area contributed by atoms with E-state index in [1.54, 1.807) is 22.7 Å². The van der Waals surface area contributed by atoms with Crippen molar-refractivity contribution in [1.29, 1.82) is 0 Å². The number of carbonyl (C=O) groups excluding carboxylic acids is 1. The lowest BCUT2D eigenvalue weighted by molar-refractivity contribution is -0.121. The molecule has 20 heavy (non-hydrogen) atoms. The molecule has 2 aromatic rings. The van der Waals surface area contributed by atoms with Gasteiger partial charge in [-0.1, -0.05) is 6.07 Å². The number of nitrogens with one attached hydrogen (secondary N) is 1. The Morgan fingerprint density at radius 2 is 2.30 bits per heavy atom. The van der Waals surface area contributed by atoms with E-state index >= 15 is 0 Å². The van der Waals surface area contributed by atoms with Crippen LogP contribution in [0.15, 0.2) is 22.9 Å². The van der Waals surface area contributed by atoms with Crippen LogP contribution < -0.4 is 5.32 Å². The molecule has 4 nitrogen and oxygen atoms in total. The van der Waals surface area contributed by atoms with Crippen LogP contribution in [0.4, 0.5) is 0 Å². The average molecular weight is 308 g/mol. The molecule has 0 bridgehead atoms. The molecule has 2 N–H and O–H groups in total. The Morgan fingerprint density at radius 3 is 3.00 bits per heavy atom. The fourth-order valence-electron chi connectivity index (χ4n) is 2.25. The van der Waals surface area contributed by atoms with Crippen LogP contribution in [0, 0.1) is 5.92 Å². The first-order chi connectivity index (χ1) is 9.70. The maximum atomic E-state index is 11.8. The van der Waals surface area contributed by atoms with Gasteiger partial charge in [0.25, 0.3) is 0 Å². The smallest absolute Gasteiger partial charge is 0.226 e. The van der Waals surface area contributed by atoms with E-state index in [4.69, 9.17) is 0 Å². The first-order valence-electron chi connectivity index (χ1n) is 6.64. The Kier molecular flexibility index (Phi) is 4.14. The molecule has 0 aliphatic heterocycles. The fraction of sp³-hybridized carbons (Fsp3) is 0.429. The van der Waals surface area contributed by atoms with Crippen molar-refractivity contribution in [3.63, 3.8) is 0 Å². The van der Waals surface area contributed by atoms with E-state index in [1.165, 1.54) is 0 Å². The number of amides is 1. The minimum Gasteiger partial charge on any atom is -0.393 e. The second kappa shape index (κ2) is 6.03. The molecule has 1 fully saturated rings. The number of aliphatic hydroxyl groups is 1. The van der Waals surface area contributed by atoms with E-state index in [0.29, 0.717) is 18.9 Å². The molecule has 3 rings (SSSR count). The molecule has 2 aromatic heterocycles. The molecule has 0 unspecified atom stereocenters. The Bertz CT molecular complexity index is 574. The van der Waals surface area contributed by atoms with Gasteiger partial charge in [0.1, 0.15) is 5.01 Å². The molecule has 1 aliphatic rings. The van der Waals surface area contributed by atoms with Crippen molar-refractivity contribution >= 4 is 28.6 Å². The van der Waals surface area contributed by atoms with Crippen LogP contribution in [-0.2, 0) is 11.2 Å². The van der Waals surface area contributed by atoms with Gasteiger partial charge >= 0.3 is 0 Å². The van der Waals surface area contributed by atoms with Gasteiger partial charge in [0.2, 0.25) is 5.91 Å². The van der Waals surface area contributed by atoms with Crippen LogP contribution in [0.1, 0.15) is 18.5 Å². The number of rotatable bonds is 5. The number of carbonyl (C=O) groups is 1. The monoisotopic (exact) mass is 308 g/mol. The van der Waals surface area contributed by atoms with Gasteiger partial charge in [-0.3, -0.25) is 4.79 Å². The first-order valence-corrected chi connectivity index (χ1v) is 8.39. The molecular formula is C14H16N2O2S2. The highest BCUT2D eigenvalue weighted by Crippen LogP contribution is 2.28. The first kappa shape index (κ1) is 13.7. The maximum absolute atomic E-state index is 11.8. The summed E-state index contributed by atoms with van der Waals surface area (Å²) in [4.78, 5) is 17.5. The number of aromatic nitrogens is 1. The lowest BCUT2D eigenvalue weighted by Crippen LogP contribution is -2.38. The number of hydrogen-bond donors (Lipinski definition) is 2. The average Bonchev–Trinajstić information content (AvgIpc) is 3.03. The Balaban J connectivity index is 1.49. The van der Waals surface area contributed by atoms with E-state index in [2.05, 4.69) is 10.3 Å². The normalized spacial score (nSPS) is 21.4. The topological polar surface area (TPSA) is 62.2 Å². The van der Waals surface area contributed by atoms with Crippen LogP contribution in [-0.4, -0.2) is 28.6 Å². The zero-order valence-corrected chi connectivity index (χ0v) is 12.5. The van der Waals surface area contributed by atoms with Gasteiger partial charge in [-0.05, 0) is 30.2 Å². The molecule has 1 saturated carbocycles. The van der Waals surface area contributed by atoms with Crippen LogP contribution in [0.3, 0.4) is 0 Å². The summed E-state index contributed by atoms with van der Waals surface area (Å²) in [6.45, 7) is 0.664. The Morgan fingerprint density at radius 1 is 1.45 bits per heavy atom. The summed E-state index contributed by atoms with van der Waals surface area (Å²) in [7, 11) is 0. The summed E-state index contributed by atoms with van der Waals surface area (Å²) in [5, 5.41) is 17.1. The van der Waals surface area contributed by atoms with E-state index in [-0.39, 0.29) is 12.0 Å². The standard InChI is InChI=1S/C14H16N2O2S2/c17-11-4-9(5-11)7-15-13(18)6-10-8-20-14(16-10)12-2-1-3-19-12/h1-3,8-9,11,17H,4-7H2,(H,15,18). The predicted octanol–water partition coefficient (Wildman–Crippen LogP) is 2.30. The highest BCUT2D eigenvalue weighted by Gasteiger charge is 2.27. The Hall–Kier alpha value is -1.24. The quantitative estimate of drug-likeness (QED) is 0.891. The summed E-state index contributed by atoms with van der Waals surface area (Å²) >= 11 is 3.23. The number of thiazole rings is 1. The summed E-state index contributed by atoms with van der Waals surface area (Å²) in [5.41, 5.74) is 0.824. The second-order valence-electron chi connectivity index (χ2n) is 5.09. The van der Waals surface area contributed by atoms with Crippen molar-refractivity contribution in [3.05, 3.63) is 28.6 Å². The van der Waals surface area contributed by atoms with E-state index in [9.17, 15) is 9.90 Å². The fourth-order valence-corrected chi connectivity index (χ4v) is 3.89. The molecule has 1 aliphatic carbocycles. The van der Waals surface area contributed by atoms with Gasteiger partial charge in [-0.15, -0.1) is 22.7 Å². The Labute approximate surface area is 125 Å². The summed E-state index contributed by atoms with van der Waals surface area (Å²) < 4.78 is 0. The number of nitrogens with zero attached hydrogens (tertiary/aromatic N) is 1. The zero-order valence-electron chi connectivity index (χ0n) is 10.9. The van der Waals surface area contributed by atoms with Gasteiger partial charge in [0.05, 0.1) is 23.1 Å². The van der Waals surface area contributed by atoms with Crippen LogP contribution in [0.5, 0.6) is 0 Å². The molecule has 0 saturated heterocycles. The molecule has 2 heterocycles. The van der Waals surface area contributed by atoms with Gasteiger partial charge < -0.3 is 10.4 Å². The van der Waals surface area contributed by atoms with Crippen LogP contribution in [0.25, 0.3) is 9.88 Å². The second-order valence-corrected chi connectivity index (χ2v) is 6.90. The molecule has 0 spiro atoms. The molecule has 0 aromatic carbocycles. The molecule has 6 heteroatoms. The van der Waals surface area contributed by atoms with E-state index in [0.717, 1.165) is 28.4 Å². The lowest BCUT2D eigenvalue weighted by Gasteiger charge is -2.31.